The number of nitrogens with zero attached hydrogens (tertiary/aromatic N) is 1. The number of fused-ring (bicyclic) bond motifs is 9. The number of carbonyl (C=O) groups is 2. The molecule has 0 spiro atoms. The zero-order chi connectivity index (χ0) is 27.9. The van der Waals surface area contributed by atoms with Crippen molar-refractivity contribution in [2.24, 2.45) is 35.5 Å². The third-order valence-electron chi connectivity index (χ3n) is 8.93. The summed E-state index contributed by atoms with van der Waals surface area (Å²) in [5.74, 6) is 0.932. The number of thioether (sulfide) groups is 1. The number of nitrogens with one attached hydrogen (secondary N) is 1. The number of benzene rings is 2. The van der Waals surface area contributed by atoms with Gasteiger partial charge in [0.1, 0.15) is 0 Å². The molecule has 1 aromatic heterocycles. The normalized spacial score (nSPS) is 30.0. The smallest absolute Gasteiger partial charge is 0.305 e. The van der Waals surface area contributed by atoms with Gasteiger partial charge in [-0.2, -0.15) is 0 Å². The van der Waals surface area contributed by atoms with Gasteiger partial charge in [0, 0.05) is 21.1 Å². The number of halogens is 1. The van der Waals surface area contributed by atoms with Crippen LogP contribution in [0.5, 0.6) is 11.5 Å². The topological polar surface area (TPSA) is 88.7 Å². The molecule has 3 aromatic rings. The molecule has 2 saturated carbocycles. The van der Waals surface area contributed by atoms with Crippen molar-refractivity contribution in [3.05, 3.63) is 67.6 Å². The number of carbonyl (C=O) groups excluding carboxylic acids is 2. The van der Waals surface area contributed by atoms with Gasteiger partial charge in [0.15, 0.2) is 11.5 Å². The van der Waals surface area contributed by atoms with Crippen molar-refractivity contribution in [2.75, 3.05) is 18.6 Å². The molecule has 208 valence electrons. The number of aromatic nitrogens is 1. The molecule has 4 aliphatic rings. The second-order valence-electron chi connectivity index (χ2n) is 11.6. The van der Waals surface area contributed by atoms with Crippen LogP contribution < -0.4 is 19.2 Å². The van der Waals surface area contributed by atoms with Gasteiger partial charge in [-0.3, -0.25) is 19.3 Å². The van der Waals surface area contributed by atoms with E-state index in [4.69, 9.17) is 21.1 Å². The highest BCUT2D eigenvalue weighted by atomic mass is 35.5. The van der Waals surface area contributed by atoms with Gasteiger partial charge < -0.3 is 14.5 Å². The van der Waals surface area contributed by atoms with Crippen LogP contribution in [0.2, 0.25) is 5.02 Å². The zero-order valence-electron chi connectivity index (χ0n) is 22.3. The van der Waals surface area contributed by atoms with Gasteiger partial charge in [0.25, 0.3) is 0 Å². The van der Waals surface area contributed by atoms with Crippen LogP contribution in [0, 0.1) is 35.5 Å². The van der Waals surface area contributed by atoms with Crippen molar-refractivity contribution in [1.82, 2.24) is 4.98 Å². The van der Waals surface area contributed by atoms with E-state index in [1.165, 1.54) is 16.2 Å². The third-order valence-corrected chi connectivity index (χ3v) is 11.8. The largest absolute Gasteiger partial charge is 0.493 e. The second kappa shape index (κ2) is 9.67. The molecule has 1 saturated heterocycles. The van der Waals surface area contributed by atoms with Crippen LogP contribution in [0.25, 0.3) is 0 Å². The molecule has 2 aromatic carbocycles. The molecule has 2 aliphatic heterocycles. The lowest BCUT2D eigenvalue weighted by molar-refractivity contribution is -0.123. The van der Waals surface area contributed by atoms with Crippen molar-refractivity contribution < 1.29 is 19.1 Å². The van der Waals surface area contributed by atoms with E-state index in [1.807, 2.05) is 12.1 Å². The molecule has 7 atom stereocenters. The number of ether oxygens (including phenoxy) is 2. The maximum absolute atomic E-state index is 13.9. The van der Waals surface area contributed by atoms with Gasteiger partial charge in [0.05, 0.1) is 36.3 Å². The molecule has 5 unspecified atom stereocenters. The average Bonchev–Trinajstić information content (AvgIpc) is 3.67. The lowest BCUT2D eigenvalue weighted by atomic mass is 9.68. The molecule has 1 N–H and O–H groups in total. The van der Waals surface area contributed by atoms with E-state index in [0.717, 1.165) is 21.9 Å². The monoisotopic (exact) mass is 596 g/mol. The molecule has 7 nitrogen and oxygen atoms in total. The fourth-order valence-electron chi connectivity index (χ4n) is 7.49. The summed E-state index contributed by atoms with van der Waals surface area (Å²) in [6, 6.07) is 12.9. The van der Waals surface area contributed by atoms with E-state index < -0.39 is 0 Å². The number of aromatic amines is 1. The summed E-state index contributed by atoms with van der Waals surface area (Å²) >= 11 is 9.01. The number of rotatable bonds is 6. The van der Waals surface area contributed by atoms with Crippen molar-refractivity contribution in [3.8, 4) is 11.5 Å². The summed E-state index contributed by atoms with van der Waals surface area (Å²) in [6.07, 6.45) is 0.839. The summed E-state index contributed by atoms with van der Waals surface area (Å²) in [7, 11) is 1.64. The maximum Gasteiger partial charge on any atom is 0.305 e. The summed E-state index contributed by atoms with van der Waals surface area (Å²) in [5, 5.41) is 1.57. The number of hydrogen-bond donors (Lipinski definition) is 1. The SMILES string of the molecule is COc1cc(C2c3sc(=O)[nH]c3SC3C2[C@H]2C[C@@H]3C3C(=O)N(c4ccc(Cl)cc4)C(=O)C32)ccc1OCC(C)C. The Morgan fingerprint density at radius 2 is 1.75 bits per heavy atom. The van der Waals surface area contributed by atoms with Gasteiger partial charge in [0.2, 0.25) is 11.8 Å². The van der Waals surface area contributed by atoms with Gasteiger partial charge in [-0.1, -0.05) is 42.9 Å². The minimum Gasteiger partial charge on any atom is -0.493 e. The molecule has 3 fully saturated rings. The van der Waals surface area contributed by atoms with Crippen LogP contribution in [-0.4, -0.2) is 35.8 Å². The number of H-pyrrole nitrogens is 1. The molecule has 3 heterocycles. The Kier molecular flexibility index (Phi) is 6.33. The van der Waals surface area contributed by atoms with Crippen molar-refractivity contribution >= 4 is 52.2 Å². The van der Waals surface area contributed by atoms with Gasteiger partial charge in [-0.25, -0.2) is 0 Å². The number of thiazole rings is 1. The molecule has 0 radical (unpaired) electrons. The van der Waals surface area contributed by atoms with E-state index in [9.17, 15) is 14.4 Å². The average molecular weight is 597 g/mol. The quantitative estimate of drug-likeness (QED) is 0.361. The first kappa shape index (κ1) is 26.2. The first-order valence-corrected chi connectivity index (χ1v) is 15.7. The highest BCUT2D eigenvalue weighted by Crippen LogP contribution is 2.68. The van der Waals surface area contributed by atoms with Crippen LogP contribution in [0.1, 0.15) is 36.6 Å². The van der Waals surface area contributed by atoms with Gasteiger partial charge in [-0.15, -0.1) is 11.8 Å². The first-order valence-electron chi connectivity index (χ1n) is 13.6. The Balaban J connectivity index is 1.28. The summed E-state index contributed by atoms with van der Waals surface area (Å²) < 4.78 is 11.7. The first-order chi connectivity index (χ1) is 19.3. The molecule has 2 aliphatic carbocycles. The van der Waals surface area contributed by atoms with E-state index in [2.05, 4.69) is 24.9 Å². The lowest BCUT2D eigenvalue weighted by Gasteiger charge is -2.43. The Labute approximate surface area is 245 Å². The van der Waals surface area contributed by atoms with E-state index in [-0.39, 0.29) is 57.4 Å². The van der Waals surface area contributed by atoms with Crippen LogP contribution >= 0.6 is 34.7 Å². The van der Waals surface area contributed by atoms with Crippen LogP contribution in [0.3, 0.4) is 0 Å². The zero-order valence-corrected chi connectivity index (χ0v) is 24.6. The summed E-state index contributed by atoms with van der Waals surface area (Å²) in [5.41, 5.74) is 1.61. The second-order valence-corrected chi connectivity index (χ2v) is 14.2. The predicted molar refractivity (Wildman–Crippen MR) is 156 cm³/mol. The Morgan fingerprint density at radius 3 is 2.45 bits per heavy atom. The van der Waals surface area contributed by atoms with E-state index >= 15 is 0 Å². The Bertz CT molecular complexity index is 1570. The number of methoxy groups -OCH3 is 1. The highest BCUT2D eigenvalue weighted by Gasteiger charge is 2.69. The lowest BCUT2D eigenvalue weighted by Crippen LogP contribution is -2.42. The molecular formula is C30H29ClN2O5S2. The number of hydrogen-bond acceptors (Lipinski definition) is 7. The minimum atomic E-state index is -0.356. The molecule has 40 heavy (non-hydrogen) atoms. The maximum atomic E-state index is 13.9. The molecular weight excluding hydrogens is 568 g/mol. The standard InChI is InChI=1S/C30H29ClN2O5S2/c1-13(2)12-38-19-9-4-14(10-20(19)37-3)21-22-17-11-18(25(22)39-27-26(21)40-30(36)32-27)24-23(17)28(34)33(29(24)35)16-7-5-15(31)6-8-16/h4-10,13,17-18,21-25H,11-12H2,1-3H3,(H,32,36)/t17-,18-,21?,22?,23?,24?,25?/m1/s1. The van der Waals surface area contributed by atoms with Crippen LogP contribution in [-0.2, 0) is 9.59 Å². The summed E-state index contributed by atoms with van der Waals surface area (Å²) in [4.78, 5) is 45.6. The fourth-order valence-corrected chi connectivity index (χ4v) is 10.5. The molecule has 2 amide bonds. The minimum absolute atomic E-state index is 0.0412. The van der Waals surface area contributed by atoms with E-state index in [0.29, 0.717) is 34.7 Å². The fraction of sp³-hybridized carbons (Fsp3) is 0.433. The van der Waals surface area contributed by atoms with Crippen LogP contribution in [0.4, 0.5) is 5.69 Å². The Hall–Kier alpha value is -2.75. The van der Waals surface area contributed by atoms with Gasteiger partial charge in [-0.05, 0) is 72.1 Å². The van der Waals surface area contributed by atoms with Crippen LogP contribution in [0.15, 0.2) is 52.3 Å². The number of amides is 2. The molecule has 2 bridgehead atoms. The van der Waals surface area contributed by atoms with Crippen molar-refractivity contribution in [1.29, 1.82) is 0 Å². The van der Waals surface area contributed by atoms with Crippen molar-refractivity contribution in [3.63, 3.8) is 0 Å². The predicted octanol–water partition coefficient (Wildman–Crippen LogP) is 5.81. The van der Waals surface area contributed by atoms with Gasteiger partial charge >= 0.3 is 4.87 Å². The molecule has 7 rings (SSSR count). The highest BCUT2D eigenvalue weighted by molar-refractivity contribution is 8.00. The number of imide groups is 1. The van der Waals surface area contributed by atoms with E-state index in [1.54, 1.807) is 43.1 Å². The third kappa shape index (κ3) is 3.88. The van der Waals surface area contributed by atoms with Crippen molar-refractivity contribution in [2.45, 2.75) is 36.5 Å². The Morgan fingerprint density at radius 1 is 1.02 bits per heavy atom. The molecule has 10 heteroatoms. The summed E-state index contributed by atoms with van der Waals surface area (Å²) in [6.45, 7) is 4.78. The number of anilines is 1.